The largest absolute Gasteiger partial charge is 0.494 e. The Bertz CT molecular complexity index is 1200. The van der Waals surface area contributed by atoms with Gasteiger partial charge in [-0.1, -0.05) is 12.1 Å². The Morgan fingerprint density at radius 1 is 1.12 bits per heavy atom. The lowest BCUT2D eigenvalue weighted by Gasteiger charge is -2.31. The standard InChI is InChI=1S/C23H25N3O5S2/c1-2-31-20-7-3-17(4-8-20)15-18-16-32-23(24-18)25-13-11-22(12-14-25)33(29,30)21-9-5-19(6-10-21)26(27)28/h3-10,16,22H,2,11-15H2,1H3. The van der Waals surface area contributed by atoms with Crippen LogP contribution in [-0.2, 0) is 16.3 Å². The van der Waals surface area contributed by atoms with Gasteiger partial charge in [-0.3, -0.25) is 10.1 Å². The van der Waals surface area contributed by atoms with E-state index < -0.39 is 20.0 Å². The molecule has 1 saturated heterocycles. The smallest absolute Gasteiger partial charge is 0.269 e. The highest BCUT2D eigenvalue weighted by Gasteiger charge is 2.32. The molecule has 1 aliphatic heterocycles. The quantitative estimate of drug-likeness (QED) is 0.341. The van der Waals surface area contributed by atoms with Crippen LogP contribution in [0.15, 0.2) is 58.8 Å². The van der Waals surface area contributed by atoms with Crippen molar-refractivity contribution in [2.45, 2.75) is 36.3 Å². The number of nitro groups is 1. The molecule has 0 radical (unpaired) electrons. The van der Waals surface area contributed by atoms with Crippen molar-refractivity contribution in [2.75, 3.05) is 24.6 Å². The van der Waals surface area contributed by atoms with Crippen LogP contribution in [0.2, 0.25) is 0 Å². The topological polar surface area (TPSA) is 103 Å². The normalized spacial score (nSPS) is 14.9. The first-order valence-corrected chi connectivity index (χ1v) is 13.2. The molecule has 2 aromatic carbocycles. The minimum Gasteiger partial charge on any atom is -0.494 e. The van der Waals surface area contributed by atoms with Crippen LogP contribution < -0.4 is 9.64 Å². The average Bonchev–Trinajstić information content (AvgIpc) is 3.29. The van der Waals surface area contributed by atoms with Crippen LogP contribution in [-0.4, -0.2) is 43.3 Å². The van der Waals surface area contributed by atoms with Crippen LogP contribution in [0.5, 0.6) is 5.75 Å². The van der Waals surface area contributed by atoms with Gasteiger partial charge in [0.25, 0.3) is 5.69 Å². The number of rotatable bonds is 8. The minimum absolute atomic E-state index is 0.117. The molecule has 4 rings (SSSR count). The molecule has 0 saturated carbocycles. The maximum atomic E-state index is 13.0. The highest BCUT2D eigenvalue weighted by molar-refractivity contribution is 7.92. The molecule has 0 bridgehead atoms. The molecule has 8 nitrogen and oxygen atoms in total. The fourth-order valence-electron chi connectivity index (χ4n) is 3.91. The van der Waals surface area contributed by atoms with Gasteiger partial charge in [0, 0.05) is 37.0 Å². The molecular formula is C23H25N3O5S2. The van der Waals surface area contributed by atoms with E-state index in [1.165, 1.54) is 24.3 Å². The Labute approximate surface area is 196 Å². The van der Waals surface area contributed by atoms with Crippen LogP contribution in [0.1, 0.15) is 31.0 Å². The first kappa shape index (κ1) is 23.2. The zero-order valence-electron chi connectivity index (χ0n) is 18.2. The minimum atomic E-state index is -3.53. The Balaban J connectivity index is 1.36. The van der Waals surface area contributed by atoms with E-state index in [2.05, 4.69) is 4.90 Å². The van der Waals surface area contributed by atoms with Gasteiger partial charge in [0.1, 0.15) is 5.75 Å². The number of ether oxygens (including phenoxy) is 1. The van der Waals surface area contributed by atoms with Crippen LogP contribution in [0, 0.1) is 10.1 Å². The summed E-state index contributed by atoms with van der Waals surface area (Å²) in [4.78, 5) is 17.3. The van der Waals surface area contributed by atoms with E-state index in [9.17, 15) is 18.5 Å². The van der Waals surface area contributed by atoms with Gasteiger partial charge in [-0.05, 0) is 49.6 Å². The molecule has 10 heteroatoms. The van der Waals surface area contributed by atoms with Crippen molar-refractivity contribution in [3.8, 4) is 5.75 Å². The molecule has 174 valence electrons. The second-order valence-corrected chi connectivity index (χ2v) is 10.9. The van der Waals surface area contributed by atoms with Gasteiger partial charge in [0.05, 0.1) is 27.4 Å². The molecule has 0 atom stereocenters. The summed E-state index contributed by atoms with van der Waals surface area (Å²) in [6.45, 7) is 3.80. The summed E-state index contributed by atoms with van der Waals surface area (Å²) in [5.74, 6) is 0.853. The molecule has 0 N–H and O–H groups in total. The first-order valence-electron chi connectivity index (χ1n) is 10.8. The van der Waals surface area contributed by atoms with Gasteiger partial charge in [-0.15, -0.1) is 11.3 Å². The summed E-state index contributed by atoms with van der Waals surface area (Å²) in [5, 5.41) is 13.3. The highest BCUT2D eigenvalue weighted by atomic mass is 32.2. The predicted octanol–water partition coefficient (Wildman–Crippen LogP) is 4.48. The zero-order valence-corrected chi connectivity index (χ0v) is 19.8. The third-order valence-electron chi connectivity index (χ3n) is 5.69. The number of aromatic nitrogens is 1. The maximum absolute atomic E-state index is 13.0. The number of nitro benzene ring substituents is 1. The number of hydrogen-bond donors (Lipinski definition) is 0. The summed E-state index contributed by atoms with van der Waals surface area (Å²) < 4.78 is 31.4. The third kappa shape index (κ3) is 5.33. The molecule has 3 aromatic rings. The van der Waals surface area contributed by atoms with E-state index in [0.717, 1.165) is 28.6 Å². The summed E-state index contributed by atoms with van der Waals surface area (Å²) in [7, 11) is -3.53. The van der Waals surface area contributed by atoms with Gasteiger partial charge in [-0.2, -0.15) is 0 Å². The first-order chi connectivity index (χ1) is 15.9. The second-order valence-electron chi connectivity index (χ2n) is 7.86. The lowest BCUT2D eigenvalue weighted by atomic mass is 10.1. The Kier molecular flexibility index (Phi) is 6.94. The van der Waals surface area contributed by atoms with E-state index in [1.54, 1.807) is 11.3 Å². The maximum Gasteiger partial charge on any atom is 0.269 e. The van der Waals surface area contributed by atoms with Crippen LogP contribution in [0.4, 0.5) is 10.8 Å². The highest BCUT2D eigenvalue weighted by Crippen LogP contribution is 2.30. The average molecular weight is 488 g/mol. The van der Waals surface area contributed by atoms with Crippen molar-refractivity contribution in [1.82, 2.24) is 4.98 Å². The fraction of sp³-hybridized carbons (Fsp3) is 0.348. The Morgan fingerprint density at radius 3 is 2.39 bits per heavy atom. The third-order valence-corrected chi connectivity index (χ3v) is 8.92. The SMILES string of the molecule is CCOc1ccc(Cc2csc(N3CCC(S(=O)(=O)c4ccc([N+](=O)[O-])cc4)CC3)n2)cc1. The van der Waals surface area contributed by atoms with Gasteiger partial charge < -0.3 is 9.64 Å². The van der Waals surface area contributed by atoms with Crippen molar-refractivity contribution < 1.29 is 18.1 Å². The molecule has 1 aromatic heterocycles. The summed E-state index contributed by atoms with van der Waals surface area (Å²) in [6, 6.07) is 13.1. The van der Waals surface area contributed by atoms with Crippen molar-refractivity contribution in [2.24, 2.45) is 0 Å². The number of nitrogens with zero attached hydrogens (tertiary/aromatic N) is 3. The number of benzene rings is 2. The van der Waals surface area contributed by atoms with Crippen molar-refractivity contribution in [3.63, 3.8) is 0 Å². The van der Waals surface area contributed by atoms with Gasteiger partial charge in [0.15, 0.2) is 15.0 Å². The van der Waals surface area contributed by atoms with E-state index in [1.807, 2.05) is 36.6 Å². The number of piperidine rings is 1. The molecule has 0 aliphatic carbocycles. The predicted molar refractivity (Wildman–Crippen MR) is 128 cm³/mol. The number of thiazole rings is 1. The van der Waals surface area contributed by atoms with Gasteiger partial charge in [-0.25, -0.2) is 13.4 Å². The van der Waals surface area contributed by atoms with Gasteiger partial charge >= 0.3 is 0 Å². The van der Waals surface area contributed by atoms with E-state index >= 15 is 0 Å². The van der Waals surface area contributed by atoms with E-state index in [4.69, 9.17) is 9.72 Å². The summed E-state index contributed by atoms with van der Waals surface area (Å²) in [5.41, 5.74) is 2.02. The number of non-ortho nitro benzene ring substituents is 1. The Hall–Kier alpha value is -2.98. The number of hydrogen-bond acceptors (Lipinski definition) is 8. The van der Waals surface area contributed by atoms with E-state index in [0.29, 0.717) is 32.5 Å². The van der Waals surface area contributed by atoms with Crippen LogP contribution >= 0.6 is 11.3 Å². The molecule has 33 heavy (non-hydrogen) atoms. The monoisotopic (exact) mass is 487 g/mol. The molecule has 0 spiro atoms. The lowest BCUT2D eigenvalue weighted by molar-refractivity contribution is -0.384. The fourth-order valence-corrected chi connectivity index (χ4v) is 6.52. The number of sulfone groups is 1. The lowest BCUT2D eigenvalue weighted by Crippen LogP contribution is -2.39. The molecule has 0 amide bonds. The Morgan fingerprint density at radius 2 is 1.79 bits per heavy atom. The molecule has 1 fully saturated rings. The van der Waals surface area contributed by atoms with Crippen molar-refractivity contribution >= 4 is 32.0 Å². The molecule has 0 unspecified atom stereocenters. The van der Waals surface area contributed by atoms with E-state index in [-0.39, 0.29) is 10.6 Å². The van der Waals surface area contributed by atoms with Crippen molar-refractivity contribution in [3.05, 3.63) is 75.3 Å². The molecule has 1 aliphatic rings. The second kappa shape index (κ2) is 9.88. The number of anilines is 1. The van der Waals surface area contributed by atoms with Crippen molar-refractivity contribution in [1.29, 1.82) is 0 Å². The molecular weight excluding hydrogens is 462 g/mol. The van der Waals surface area contributed by atoms with Gasteiger partial charge in [0.2, 0.25) is 0 Å². The van der Waals surface area contributed by atoms with Crippen LogP contribution in [0.3, 0.4) is 0 Å². The zero-order chi connectivity index (χ0) is 23.4. The summed E-state index contributed by atoms with van der Waals surface area (Å²) in [6.07, 6.45) is 1.72. The van der Waals surface area contributed by atoms with Crippen LogP contribution in [0.25, 0.3) is 0 Å². The summed E-state index contributed by atoms with van der Waals surface area (Å²) >= 11 is 1.57. The molecule has 2 heterocycles.